The number of carboxylic acids is 1. The van der Waals surface area contributed by atoms with Gasteiger partial charge in [0.2, 0.25) is 0 Å². The van der Waals surface area contributed by atoms with Gasteiger partial charge >= 0.3 is 5.97 Å². The molecule has 2 unspecified atom stereocenters. The Morgan fingerprint density at radius 2 is 2.11 bits per heavy atom. The molecule has 0 spiro atoms. The Bertz CT molecular complexity index is 461. The molecule has 0 saturated carbocycles. The molecule has 0 bridgehead atoms. The van der Waals surface area contributed by atoms with Crippen molar-refractivity contribution in [3.05, 3.63) is 28.8 Å². The minimum absolute atomic E-state index is 0.166. The van der Waals surface area contributed by atoms with Crippen LogP contribution in [0.4, 0.5) is 5.69 Å². The summed E-state index contributed by atoms with van der Waals surface area (Å²) in [7, 11) is 0. The Morgan fingerprint density at radius 3 is 2.67 bits per heavy atom. The predicted molar refractivity (Wildman–Crippen MR) is 73.6 cm³/mol. The quantitative estimate of drug-likeness (QED) is 0.891. The summed E-state index contributed by atoms with van der Waals surface area (Å²) in [5.74, 6) is 0.416. The summed E-state index contributed by atoms with van der Waals surface area (Å²) >= 11 is 6.00. The van der Waals surface area contributed by atoms with Crippen LogP contribution in [0.15, 0.2) is 18.2 Å². The summed E-state index contributed by atoms with van der Waals surface area (Å²) in [4.78, 5) is 13.2. The summed E-state index contributed by atoms with van der Waals surface area (Å²) in [6.45, 7) is 6.55. The Balaban J connectivity index is 2.19. The number of nitrogens with zero attached hydrogens (tertiary/aromatic N) is 1. The Kier molecular flexibility index (Phi) is 3.81. The van der Waals surface area contributed by atoms with Gasteiger partial charge < -0.3 is 10.0 Å². The summed E-state index contributed by atoms with van der Waals surface area (Å²) in [6, 6.07) is 5.19. The van der Waals surface area contributed by atoms with E-state index < -0.39 is 5.97 Å². The molecule has 0 radical (unpaired) electrons. The highest BCUT2D eigenvalue weighted by atomic mass is 35.5. The third kappa shape index (κ3) is 2.61. The predicted octanol–water partition coefficient (Wildman–Crippen LogP) is 3.52. The molecule has 1 aromatic carbocycles. The van der Waals surface area contributed by atoms with Crippen LogP contribution in [-0.4, -0.2) is 24.2 Å². The average molecular weight is 268 g/mol. The first-order valence-electron chi connectivity index (χ1n) is 6.27. The Labute approximate surface area is 112 Å². The molecule has 18 heavy (non-hydrogen) atoms. The van der Waals surface area contributed by atoms with Crippen LogP contribution >= 0.6 is 11.6 Å². The van der Waals surface area contributed by atoms with E-state index in [1.54, 1.807) is 12.1 Å². The van der Waals surface area contributed by atoms with Gasteiger partial charge in [-0.2, -0.15) is 0 Å². The molecule has 1 fully saturated rings. The second-order valence-corrected chi connectivity index (χ2v) is 5.57. The standard InChI is InChI=1S/C14H18ClNO2/c1-9-5-6-16(8-10(9)2)11-3-4-12(14(17)18)13(15)7-11/h3-4,7,9-10H,5-6,8H2,1-2H3,(H,17,18). The smallest absolute Gasteiger partial charge is 0.337 e. The maximum atomic E-state index is 10.9. The SMILES string of the molecule is CC1CCN(c2ccc(C(=O)O)c(Cl)c2)CC1C. The molecule has 0 aliphatic carbocycles. The molecule has 98 valence electrons. The van der Waals surface area contributed by atoms with Crippen molar-refractivity contribution in [2.75, 3.05) is 18.0 Å². The van der Waals surface area contributed by atoms with Crippen LogP contribution in [-0.2, 0) is 0 Å². The first kappa shape index (κ1) is 13.2. The number of anilines is 1. The van der Waals surface area contributed by atoms with Crippen molar-refractivity contribution in [3.63, 3.8) is 0 Å². The summed E-state index contributed by atoms with van der Waals surface area (Å²) in [6.07, 6.45) is 1.17. The van der Waals surface area contributed by atoms with Crippen LogP contribution in [0.2, 0.25) is 5.02 Å². The molecule has 1 saturated heterocycles. The number of hydrogen-bond donors (Lipinski definition) is 1. The van der Waals surface area contributed by atoms with Gasteiger partial charge in [-0.25, -0.2) is 4.79 Å². The van der Waals surface area contributed by atoms with Crippen molar-refractivity contribution >= 4 is 23.3 Å². The van der Waals surface area contributed by atoms with Gasteiger partial charge in [0.25, 0.3) is 0 Å². The van der Waals surface area contributed by atoms with Gasteiger partial charge in [0.1, 0.15) is 0 Å². The Morgan fingerprint density at radius 1 is 1.39 bits per heavy atom. The maximum absolute atomic E-state index is 10.9. The van der Waals surface area contributed by atoms with Gasteiger partial charge in [-0.05, 0) is 36.5 Å². The lowest BCUT2D eigenvalue weighted by molar-refractivity contribution is 0.0697. The van der Waals surface area contributed by atoms with E-state index in [1.807, 2.05) is 6.07 Å². The van der Waals surface area contributed by atoms with Crippen molar-refractivity contribution in [2.24, 2.45) is 11.8 Å². The first-order chi connectivity index (χ1) is 8.49. The van der Waals surface area contributed by atoms with Gasteiger partial charge in [0.15, 0.2) is 0 Å². The molecule has 2 atom stereocenters. The number of hydrogen-bond acceptors (Lipinski definition) is 2. The molecule has 1 heterocycles. The van der Waals surface area contributed by atoms with Gasteiger partial charge in [0.05, 0.1) is 10.6 Å². The number of carboxylic acid groups (broad SMARTS) is 1. The number of rotatable bonds is 2. The highest BCUT2D eigenvalue weighted by Crippen LogP contribution is 2.29. The molecular weight excluding hydrogens is 250 g/mol. The number of aromatic carboxylic acids is 1. The zero-order valence-electron chi connectivity index (χ0n) is 10.7. The third-order valence-electron chi connectivity index (χ3n) is 3.88. The van der Waals surface area contributed by atoms with E-state index >= 15 is 0 Å². The molecular formula is C14H18ClNO2. The van der Waals surface area contributed by atoms with E-state index in [9.17, 15) is 4.79 Å². The fourth-order valence-electron chi connectivity index (χ4n) is 2.37. The van der Waals surface area contributed by atoms with E-state index in [4.69, 9.17) is 16.7 Å². The molecule has 0 aromatic heterocycles. The van der Waals surface area contributed by atoms with E-state index in [0.717, 1.165) is 24.7 Å². The van der Waals surface area contributed by atoms with Crippen molar-refractivity contribution in [2.45, 2.75) is 20.3 Å². The largest absolute Gasteiger partial charge is 0.478 e. The summed E-state index contributed by atoms with van der Waals surface area (Å²) in [5.41, 5.74) is 1.18. The first-order valence-corrected chi connectivity index (χ1v) is 6.64. The van der Waals surface area contributed by atoms with Crippen LogP contribution in [0.1, 0.15) is 30.6 Å². The number of halogens is 1. The van der Waals surface area contributed by atoms with Crippen LogP contribution in [0.25, 0.3) is 0 Å². The van der Waals surface area contributed by atoms with Crippen LogP contribution < -0.4 is 4.90 Å². The highest BCUT2D eigenvalue weighted by molar-refractivity contribution is 6.33. The van der Waals surface area contributed by atoms with Crippen LogP contribution in [0, 0.1) is 11.8 Å². The number of benzene rings is 1. The van der Waals surface area contributed by atoms with Crippen molar-refractivity contribution < 1.29 is 9.90 Å². The monoisotopic (exact) mass is 267 g/mol. The minimum atomic E-state index is -0.979. The molecule has 0 amide bonds. The van der Waals surface area contributed by atoms with E-state index in [2.05, 4.69) is 18.7 Å². The van der Waals surface area contributed by atoms with E-state index in [-0.39, 0.29) is 5.56 Å². The van der Waals surface area contributed by atoms with E-state index in [1.165, 1.54) is 6.42 Å². The molecule has 1 aromatic rings. The van der Waals surface area contributed by atoms with Gasteiger partial charge in [-0.3, -0.25) is 0 Å². The summed E-state index contributed by atoms with van der Waals surface area (Å²) < 4.78 is 0. The van der Waals surface area contributed by atoms with Gasteiger partial charge in [-0.15, -0.1) is 0 Å². The fraction of sp³-hybridized carbons (Fsp3) is 0.500. The average Bonchev–Trinajstić information content (AvgIpc) is 2.32. The topological polar surface area (TPSA) is 40.5 Å². The lowest BCUT2D eigenvalue weighted by atomic mass is 9.88. The molecule has 3 nitrogen and oxygen atoms in total. The van der Waals surface area contributed by atoms with Crippen molar-refractivity contribution in [1.29, 1.82) is 0 Å². The van der Waals surface area contributed by atoms with Crippen molar-refractivity contribution in [3.8, 4) is 0 Å². The Hall–Kier alpha value is -1.22. The third-order valence-corrected chi connectivity index (χ3v) is 4.20. The van der Waals surface area contributed by atoms with Gasteiger partial charge in [-0.1, -0.05) is 25.4 Å². The molecule has 4 heteroatoms. The maximum Gasteiger partial charge on any atom is 0.337 e. The van der Waals surface area contributed by atoms with Crippen LogP contribution in [0.3, 0.4) is 0 Å². The normalized spacial score (nSPS) is 24.1. The number of carbonyl (C=O) groups is 1. The number of piperidine rings is 1. The molecule has 1 N–H and O–H groups in total. The minimum Gasteiger partial charge on any atom is -0.478 e. The van der Waals surface area contributed by atoms with E-state index in [0.29, 0.717) is 10.9 Å². The van der Waals surface area contributed by atoms with Crippen LogP contribution in [0.5, 0.6) is 0 Å². The molecule has 1 aliphatic rings. The van der Waals surface area contributed by atoms with Crippen molar-refractivity contribution in [1.82, 2.24) is 0 Å². The highest BCUT2D eigenvalue weighted by Gasteiger charge is 2.23. The zero-order chi connectivity index (χ0) is 13.3. The summed E-state index contributed by atoms with van der Waals surface area (Å²) in [5, 5.41) is 9.26. The lowest BCUT2D eigenvalue weighted by Gasteiger charge is -2.37. The second-order valence-electron chi connectivity index (χ2n) is 5.16. The van der Waals surface area contributed by atoms with Gasteiger partial charge in [0, 0.05) is 18.8 Å². The second kappa shape index (κ2) is 5.19. The fourth-order valence-corrected chi connectivity index (χ4v) is 2.63. The zero-order valence-corrected chi connectivity index (χ0v) is 11.4. The molecule has 2 rings (SSSR count). The molecule has 1 aliphatic heterocycles. The lowest BCUT2D eigenvalue weighted by Crippen LogP contribution is -2.38.